The van der Waals surface area contributed by atoms with Gasteiger partial charge in [0.2, 0.25) is 6.10 Å². The maximum atomic E-state index is 12.6. The van der Waals surface area contributed by atoms with Crippen LogP contribution in [0.5, 0.6) is 0 Å². The number of rotatable bonds is 9. The van der Waals surface area contributed by atoms with Crippen molar-refractivity contribution in [2.45, 2.75) is 40.2 Å². The third-order valence-corrected chi connectivity index (χ3v) is 5.34. The van der Waals surface area contributed by atoms with E-state index in [0.29, 0.717) is 17.3 Å². The largest absolute Gasteiger partial charge is 0.463 e. The molecule has 168 valence electrons. The summed E-state index contributed by atoms with van der Waals surface area (Å²) < 4.78 is 6.76. The zero-order valence-corrected chi connectivity index (χ0v) is 18.8. The third-order valence-electron chi connectivity index (χ3n) is 5.34. The predicted molar refractivity (Wildman–Crippen MR) is 121 cm³/mol. The molecule has 1 heterocycles. The van der Waals surface area contributed by atoms with E-state index in [2.05, 4.69) is 0 Å². The number of primary amides is 1. The molecule has 2 aromatic carbocycles. The number of hydrogen-bond donors (Lipinski definition) is 1. The van der Waals surface area contributed by atoms with Gasteiger partial charge in [-0.15, -0.1) is 0 Å². The standard InChI is InChI=1S/C25H28N2O5/c1-5-31-25(30)23(15(2)3)32-27-16(4)19(14-17-10-7-6-8-11-17)21-18(22(28)24(26)29)12-9-13-20(21)27/h6-13,15,23H,5,14H2,1-4H3,(H2,26,29). The van der Waals surface area contributed by atoms with Crippen molar-refractivity contribution in [1.82, 2.24) is 4.73 Å². The molecule has 7 heteroatoms. The van der Waals surface area contributed by atoms with Crippen molar-refractivity contribution in [3.05, 3.63) is 70.9 Å². The number of nitrogens with two attached hydrogens (primary N) is 1. The first-order valence-electron chi connectivity index (χ1n) is 10.6. The highest BCUT2D eigenvalue weighted by molar-refractivity contribution is 6.44. The van der Waals surface area contributed by atoms with Gasteiger partial charge in [0.15, 0.2) is 0 Å². The van der Waals surface area contributed by atoms with Crippen LogP contribution in [-0.2, 0) is 20.7 Å². The van der Waals surface area contributed by atoms with Gasteiger partial charge >= 0.3 is 5.97 Å². The minimum Gasteiger partial charge on any atom is -0.463 e. The molecule has 0 aliphatic carbocycles. The monoisotopic (exact) mass is 436 g/mol. The molecule has 0 aliphatic rings. The van der Waals surface area contributed by atoms with E-state index in [-0.39, 0.29) is 18.1 Å². The van der Waals surface area contributed by atoms with Crippen molar-refractivity contribution in [2.24, 2.45) is 11.7 Å². The lowest BCUT2D eigenvalue weighted by Gasteiger charge is -2.22. The number of nitrogens with zero attached hydrogens (tertiary/aromatic N) is 1. The Morgan fingerprint density at radius 2 is 1.72 bits per heavy atom. The summed E-state index contributed by atoms with van der Waals surface area (Å²) in [6, 6.07) is 14.8. The topological polar surface area (TPSA) is 101 Å². The molecule has 3 rings (SSSR count). The molecule has 32 heavy (non-hydrogen) atoms. The van der Waals surface area contributed by atoms with Crippen molar-refractivity contribution < 1.29 is 24.0 Å². The molecule has 3 aromatic rings. The average Bonchev–Trinajstić information content (AvgIpc) is 3.03. The van der Waals surface area contributed by atoms with Crippen LogP contribution in [0.25, 0.3) is 10.9 Å². The number of benzene rings is 2. The SMILES string of the molecule is CCOC(=O)C(On1c(C)c(Cc2ccccc2)c2c(C(=O)C(N)=O)cccc21)C(C)C. The second kappa shape index (κ2) is 9.68. The molecule has 2 N–H and O–H groups in total. The minimum atomic E-state index is -1.03. The van der Waals surface area contributed by atoms with Crippen LogP contribution in [0.3, 0.4) is 0 Å². The van der Waals surface area contributed by atoms with Gasteiger partial charge in [0.25, 0.3) is 11.7 Å². The zero-order chi connectivity index (χ0) is 23.4. The molecule has 0 bridgehead atoms. The van der Waals surface area contributed by atoms with Crippen LogP contribution < -0.4 is 10.6 Å². The molecule has 0 saturated heterocycles. The number of ketones is 1. The minimum absolute atomic E-state index is 0.154. The predicted octanol–water partition coefficient (Wildman–Crippen LogP) is 3.22. The summed E-state index contributed by atoms with van der Waals surface area (Å²) in [6.07, 6.45) is -0.335. The Morgan fingerprint density at radius 3 is 2.31 bits per heavy atom. The van der Waals surface area contributed by atoms with Gasteiger partial charge < -0.3 is 15.3 Å². The highest BCUT2D eigenvalue weighted by Crippen LogP contribution is 2.31. The fraction of sp³-hybridized carbons (Fsp3) is 0.320. The van der Waals surface area contributed by atoms with Gasteiger partial charge in [-0.3, -0.25) is 9.59 Å². The molecule has 0 saturated carbocycles. The molecule has 0 spiro atoms. The van der Waals surface area contributed by atoms with Gasteiger partial charge in [-0.2, -0.15) is 4.73 Å². The Morgan fingerprint density at radius 1 is 1.03 bits per heavy atom. The first-order valence-corrected chi connectivity index (χ1v) is 10.6. The van der Waals surface area contributed by atoms with E-state index < -0.39 is 23.8 Å². The number of aromatic nitrogens is 1. The number of amides is 1. The number of carbonyl (C=O) groups is 3. The fourth-order valence-electron chi connectivity index (χ4n) is 3.76. The number of esters is 1. The van der Waals surface area contributed by atoms with Crippen LogP contribution in [0.1, 0.15) is 48.0 Å². The van der Waals surface area contributed by atoms with Crippen LogP contribution in [0, 0.1) is 12.8 Å². The number of hydrogen-bond acceptors (Lipinski definition) is 5. The van der Waals surface area contributed by atoms with Crippen molar-refractivity contribution in [2.75, 3.05) is 6.61 Å². The molecular formula is C25H28N2O5. The van der Waals surface area contributed by atoms with E-state index in [4.69, 9.17) is 15.3 Å². The normalized spacial score (nSPS) is 12.0. The molecule has 1 unspecified atom stereocenters. The van der Waals surface area contributed by atoms with E-state index in [1.807, 2.05) is 51.1 Å². The summed E-state index contributed by atoms with van der Waals surface area (Å²) >= 11 is 0. The van der Waals surface area contributed by atoms with Crippen molar-refractivity contribution >= 4 is 28.6 Å². The van der Waals surface area contributed by atoms with Gasteiger partial charge in [-0.1, -0.05) is 56.3 Å². The Balaban J connectivity index is 2.22. The van der Waals surface area contributed by atoms with Crippen LogP contribution in [0.4, 0.5) is 0 Å². The molecular weight excluding hydrogens is 408 g/mol. The zero-order valence-electron chi connectivity index (χ0n) is 18.8. The van der Waals surface area contributed by atoms with Gasteiger partial charge in [0.1, 0.15) is 0 Å². The molecule has 0 fully saturated rings. The molecule has 1 atom stereocenters. The van der Waals surface area contributed by atoms with E-state index in [0.717, 1.165) is 16.8 Å². The highest BCUT2D eigenvalue weighted by Gasteiger charge is 2.30. The molecule has 0 radical (unpaired) electrons. The van der Waals surface area contributed by atoms with E-state index in [1.165, 1.54) is 0 Å². The van der Waals surface area contributed by atoms with Gasteiger partial charge in [-0.25, -0.2) is 4.79 Å². The van der Waals surface area contributed by atoms with Gasteiger partial charge in [0, 0.05) is 16.9 Å². The van der Waals surface area contributed by atoms with Crippen molar-refractivity contribution in [3.8, 4) is 0 Å². The Bertz CT molecular complexity index is 1150. The molecule has 1 amide bonds. The van der Waals surface area contributed by atoms with Crippen LogP contribution in [0.2, 0.25) is 0 Å². The summed E-state index contributed by atoms with van der Waals surface area (Å²) in [5.41, 5.74) is 8.68. The van der Waals surface area contributed by atoms with E-state index >= 15 is 0 Å². The van der Waals surface area contributed by atoms with Crippen molar-refractivity contribution in [3.63, 3.8) is 0 Å². The summed E-state index contributed by atoms with van der Waals surface area (Å²) in [6.45, 7) is 7.59. The van der Waals surface area contributed by atoms with Gasteiger partial charge in [-0.05, 0) is 37.5 Å². The van der Waals surface area contributed by atoms with Crippen molar-refractivity contribution in [1.29, 1.82) is 0 Å². The number of Topliss-reactive ketones (excluding diaryl/α,β-unsaturated/α-hetero) is 1. The maximum Gasteiger partial charge on any atom is 0.350 e. The second-order valence-corrected chi connectivity index (χ2v) is 7.94. The first kappa shape index (κ1) is 23.1. The average molecular weight is 437 g/mol. The lowest BCUT2D eigenvalue weighted by Crippen LogP contribution is -2.39. The van der Waals surface area contributed by atoms with Crippen LogP contribution >= 0.6 is 0 Å². The Labute approximate surface area is 187 Å². The smallest absolute Gasteiger partial charge is 0.350 e. The summed E-state index contributed by atoms with van der Waals surface area (Å²) in [5.74, 6) is -2.41. The quantitative estimate of drug-likeness (QED) is 0.315. The third kappa shape index (κ3) is 4.51. The fourth-order valence-corrected chi connectivity index (χ4v) is 3.76. The summed E-state index contributed by atoms with van der Waals surface area (Å²) in [4.78, 5) is 43.0. The van der Waals surface area contributed by atoms with Gasteiger partial charge in [0.05, 0.1) is 17.8 Å². The lowest BCUT2D eigenvalue weighted by molar-refractivity contribution is -0.159. The molecule has 1 aromatic heterocycles. The van der Waals surface area contributed by atoms with Crippen LogP contribution in [-0.4, -0.2) is 35.1 Å². The number of ether oxygens (including phenoxy) is 1. The van der Waals surface area contributed by atoms with E-state index in [1.54, 1.807) is 29.9 Å². The molecule has 0 aliphatic heterocycles. The first-order chi connectivity index (χ1) is 15.3. The van der Waals surface area contributed by atoms with Crippen LogP contribution in [0.15, 0.2) is 48.5 Å². The second-order valence-electron chi connectivity index (χ2n) is 7.94. The number of carbonyl (C=O) groups excluding carboxylic acids is 3. The lowest BCUT2D eigenvalue weighted by atomic mass is 9.97. The maximum absolute atomic E-state index is 12.6. The Kier molecular flexibility index (Phi) is 6.98. The molecule has 7 nitrogen and oxygen atoms in total. The van der Waals surface area contributed by atoms with E-state index in [9.17, 15) is 14.4 Å². The highest BCUT2D eigenvalue weighted by atomic mass is 16.7. The summed E-state index contributed by atoms with van der Waals surface area (Å²) in [5, 5.41) is 0.587. The number of fused-ring (bicyclic) bond motifs is 1. The summed E-state index contributed by atoms with van der Waals surface area (Å²) in [7, 11) is 0. The Hall–Kier alpha value is -3.61.